The summed E-state index contributed by atoms with van der Waals surface area (Å²) >= 11 is 0. The van der Waals surface area contributed by atoms with Crippen LogP contribution in [0.4, 0.5) is 0 Å². The van der Waals surface area contributed by atoms with Crippen molar-refractivity contribution in [1.82, 2.24) is 10.6 Å². The summed E-state index contributed by atoms with van der Waals surface area (Å²) in [6.07, 6.45) is 3.33. The van der Waals surface area contributed by atoms with Crippen molar-refractivity contribution >= 4 is 0 Å². The number of nitrogens with one attached hydrogen (secondary N) is 2. The molecule has 2 saturated heterocycles. The average Bonchev–Trinajstić information content (AvgIpc) is 2.18. The Morgan fingerprint density at radius 1 is 1.20 bits per heavy atom. The van der Waals surface area contributed by atoms with Gasteiger partial charge in [-0.25, -0.2) is 0 Å². The summed E-state index contributed by atoms with van der Waals surface area (Å²) in [5.41, 5.74) is 0.309. The number of ether oxygens (including phenoxy) is 1. The van der Waals surface area contributed by atoms with Crippen LogP contribution >= 0.6 is 0 Å². The van der Waals surface area contributed by atoms with Crippen molar-refractivity contribution < 1.29 is 4.74 Å². The zero-order chi connectivity index (χ0) is 10.9. The Labute approximate surface area is 93.0 Å². The predicted octanol–water partition coefficient (Wildman–Crippen LogP) is 1.49. The second-order valence-corrected chi connectivity index (χ2v) is 5.94. The lowest BCUT2D eigenvalue weighted by molar-refractivity contribution is -0.138. The third-order valence-electron chi connectivity index (χ3n) is 3.68. The maximum atomic E-state index is 5.98. The number of piperidine rings is 1. The van der Waals surface area contributed by atoms with Crippen LogP contribution in [0.2, 0.25) is 0 Å². The van der Waals surface area contributed by atoms with Crippen molar-refractivity contribution in [2.75, 3.05) is 19.7 Å². The van der Waals surface area contributed by atoms with Crippen molar-refractivity contribution in [1.29, 1.82) is 0 Å². The highest BCUT2D eigenvalue weighted by molar-refractivity contribution is 4.94. The monoisotopic (exact) mass is 212 g/mol. The van der Waals surface area contributed by atoms with Crippen LogP contribution in [0.3, 0.4) is 0 Å². The Balaban J connectivity index is 2.02. The lowest BCUT2D eigenvalue weighted by Gasteiger charge is -2.48. The first-order chi connectivity index (χ1) is 7.02. The second-order valence-electron chi connectivity index (χ2n) is 5.94. The Morgan fingerprint density at radius 2 is 1.87 bits per heavy atom. The van der Waals surface area contributed by atoms with Crippen LogP contribution < -0.4 is 10.6 Å². The van der Waals surface area contributed by atoms with Crippen LogP contribution in [-0.2, 0) is 4.74 Å². The van der Waals surface area contributed by atoms with E-state index < -0.39 is 0 Å². The zero-order valence-corrected chi connectivity index (χ0v) is 10.2. The van der Waals surface area contributed by atoms with Crippen LogP contribution in [-0.4, -0.2) is 31.5 Å². The fourth-order valence-corrected chi connectivity index (χ4v) is 2.57. The molecular formula is C12H24N2O. The average molecular weight is 212 g/mol. The molecule has 0 bridgehead atoms. The van der Waals surface area contributed by atoms with Gasteiger partial charge in [0.1, 0.15) is 5.72 Å². The molecule has 2 N–H and O–H groups in total. The van der Waals surface area contributed by atoms with Crippen LogP contribution in [0.15, 0.2) is 0 Å². The Kier molecular flexibility index (Phi) is 3.06. The molecule has 0 aromatic carbocycles. The molecule has 3 heteroatoms. The van der Waals surface area contributed by atoms with Crippen LogP contribution in [0.5, 0.6) is 0 Å². The molecule has 2 aliphatic heterocycles. The summed E-state index contributed by atoms with van der Waals surface area (Å²) in [7, 11) is 0. The van der Waals surface area contributed by atoms with E-state index in [0.717, 1.165) is 39.0 Å². The molecule has 2 aliphatic rings. The third-order valence-corrected chi connectivity index (χ3v) is 3.68. The highest BCUT2D eigenvalue weighted by atomic mass is 16.5. The Bertz CT molecular complexity index is 211. The predicted molar refractivity (Wildman–Crippen MR) is 61.8 cm³/mol. The summed E-state index contributed by atoms with van der Waals surface area (Å²) in [5, 5.41) is 7.14. The maximum absolute atomic E-state index is 5.98. The lowest BCUT2D eigenvalue weighted by Crippen LogP contribution is -2.63. The minimum Gasteiger partial charge on any atom is -0.360 e. The van der Waals surface area contributed by atoms with Gasteiger partial charge in [0, 0.05) is 18.9 Å². The lowest BCUT2D eigenvalue weighted by atomic mass is 9.82. The molecule has 88 valence electrons. The van der Waals surface area contributed by atoms with Gasteiger partial charge in [-0.2, -0.15) is 0 Å². The van der Waals surface area contributed by atoms with E-state index >= 15 is 0 Å². The molecule has 1 atom stereocenters. The van der Waals surface area contributed by atoms with Gasteiger partial charge in [-0.15, -0.1) is 0 Å². The Hall–Kier alpha value is -0.120. The molecule has 0 aromatic rings. The third kappa shape index (κ3) is 2.52. The minimum atomic E-state index is -0.0263. The molecule has 2 fully saturated rings. The van der Waals surface area contributed by atoms with Crippen molar-refractivity contribution in [3.05, 3.63) is 0 Å². The summed E-state index contributed by atoms with van der Waals surface area (Å²) in [6, 6.07) is 0.587. The maximum Gasteiger partial charge on any atom is 0.121 e. The first-order valence-electron chi connectivity index (χ1n) is 6.14. The summed E-state index contributed by atoms with van der Waals surface area (Å²) < 4.78 is 5.98. The number of rotatable bonds is 0. The van der Waals surface area contributed by atoms with Crippen LogP contribution in [0.25, 0.3) is 0 Å². The van der Waals surface area contributed by atoms with Gasteiger partial charge in [-0.1, -0.05) is 20.8 Å². The molecule has 3 nitrogen and oxygen atoms in total. The number of hydrogen-bond donors (Lipinski definition) is 2. The molecule has 15 heavy (non-hydrogen) atoms. The van der Waals surface area contributed by atoms with Crippen molar-refractivity contribution in [3.8, 4) is 0 Å². The number of hydrogen-bond acceptors (Lipinski definition) is 3. The molecule has 2 rings (SSSR count). The summed E-state index contributed by atoms with van der Waals surface area (Å²) in [5.74, 6) is 0. The second kappa shape index (κ2) is 4.04. The van der Waals surface area contributed by atoms with E-state index in [9.17, 15) is 0 Å². The molecule has 0 radical (unpaired) electrons. The first kappa shape index (κ1) is 11.4. The van der Waals surface area contributed by atoms with Crippen molar-refractivity contribution in [3.63, 3.8) is 0 Å². The minimum absolute atomic E-state index is 0.0263. The molecule has 0 amide bonds. The van der Waals surface area contributed by atoms with Gasteiger partial charge < -0.3 is 10.1 Å². The fraction of sp³-hybridized carbons (Fsp3) is 1.00. The fourth-order valence-electron chi connectivity index (χ4n) is 2.57. The van der Waals surface area contributed by atoms with Crippen molar-refractivity contribution in [2.45, 2.75) is 51.8 Å². The Morgan fingerprint density at radius 3 is 2.47 bits per heavy atom. The quantitative estimate of drug-likeness (QED) is 0.638. The van der Waals surface area contributed by atoms with E-state index in [2.05, 4.69) is 31.4 Å². The normalized spacial score (nSPS) is 31.8. The zero-order valence-electron chi connectivity index (χ0n) is 10.2. The largest absolute Gasteiger partial charge is 0.360 e. The van der Waals surface area contributed by atoms with Gasteiger partial charge in [-0.3, -0.25) is 5.32 Å². The summed E-state index contributed by atoms with van der Waals surface area (Å²) in [4.78, 5) is 0. The standard InChI is InChI=1S/C12H24N2O/c1-11(2,3)10-4-9-15-12(14-10)5-7-13-8-6-12/h10,13-14H,4-9H2,1-3H3. The highest BCUT2D eigenvalue weighted by Gasteiger charge is 2.41. The molecular weight excluding hydrogens is 188 g/mol. The van der Waals surface area contributed by atoms with Crippen molar-refractivity contribution in [2.24, 2.45) is 5.41 Å². The summed E-state index contributed by atoms with van der Waals surface area (Å²) in [6.45, 7) is 9.99. The van der Waals surface area contributed by atoms with E-state index in [1.807, 2.05) is 0 Å². The van der Waals surface area contributed by atoms with Gasteiger partial charge in [-0.05, 0) is 24.9 Å². The van der Waals surface area contributed by atoms with E-state index in [0.29, 0.717) is 11.5 Å². The first-order valence-corrected chi connectivity index (χ1v) is 6.14. The smallest absolute Gasteiger partial charge is 0.121 e. The van der Waals surface area contributed by atoms with Gasteiger partial charge in [0.2, 0.25) is 0 Å². The van der Waals surface area contributed by atoms with Gasteiger partial charge >= 0.3 is 0 Å². The van der Waals surface area contributed by atoms with Crippen LogP contribution in [0, 0.1) is 5.41 Å². The molecule has 1 unspecified atom stereocenters. The van der Waals surface area contributed by atoms with Crippen LogP contribution in [0.1, 0.15) is 40.0 Å². The van der Waals surface area contributed by atoms with E-state index in [4.69, 9.17) is 4.74 Å². The topological polar surface area (TPSA) is 33.3 Å². The van der Waals surface area contributed by atoms with E-state index in [1.54, 1.807) is 0 Å². The van der Waals surface area contributed by atoms with E-state index in [-0.39, 0.29) is 5.72 Å². The molecule has 2 heterocycles. The van der Waals surface area contributed by atoms with Gasteiger partial charge in [0.05, 0.1) is 6.61 Å². The SMILES string of the molecule is CC(C)(C)C1CCOC2(CCNCC2)N1. The highest BCUT2D eigenvalue weighted by Crippen LogP contribution is 2.31. The van der Waals surface area contributed by atoms with Gasteiger partial charge in [0.25, 0.3) is 0 Å². The molecule has 1 spiro atoms. The molecule has 0 saturated carbocycles. The molecule has 0 aliphatic carbocycles. The van der Waals surface area contributed by atoms with Gasteiger partial charge in [0.15, 0.2) is 0 Å². The van der Waals surface area contributed by atoms with E-state index in [1.165, 1.54) is 0 Å². The molecule has 0 aromatic heterocycles.